The van der Waals surface area contributed by atoms with Crippen molar-refractivity contribution in [2.75, 3.05) is 13.2 Å². The zero-order valence-corrected chi connectivity index (χ0v) is 6.01. The van der Waals surface area contributed by atoms with Crippen molar-refractivity contribution in [3.63, 3.8) is 0 Å². The molecule has 0 aromatic carbocycles. The zero-order chi connectivity index (χ0) is 7.84. The SMILES string of the molecule is NN1C=C2N(O)C=CCN2C1. The topological polar surface area (TPSA) is 56.0 Å². The summed E-state index contributed by atoms with van der Waals surface area (Å²) in [5.41, 5.74) is 0. The number of hydrogen-bond acceptors (Lipinski definition) is 5. The first kappa shape index (κ1) is 6.51. The van der Waals surface area contributed by atoms with Gasteiger partial charge in [0.15, 0.2) is 5.82 Å². The molecule has 0 saturated heterocycles. The van der Waals surface area contributed by atoms with Crippen molar-refractivity contribution in [1.29, 1.82) is 0 Å². The molecule has 2 aliphatic heterocycles. The molecule has 2 aliphatic rings. The van der Waals surface area contributed by atoms with Gasteiger partial charge in [0, 0.05) is 12.7 Å². The number of rotatable bonds is 0. The van der Waals surface area contributed by atoms with Crippen LogP contribution >= 0.6 is 0 Å². The Hall–Kier alpha value is -1.20. The molecule has 0 amide bonds. The maximum Gasteiger partial charge on any atom is 0.153 e. The van der Waals surface area contributed by atoms with Crippen LogP contribution in [0.4, 0.5) is 0 Å². The Bertz CT molecular complexity index is 225. The van der Waals surface area contributed by atoms with E-state index in [9.17, 15) is 5.21 Å². The molecule has 0 fully saturated rings. The number of nitrogens with two attached hydrogens (primary N) is 1. The summed E-state index contributed by atoms with van der Waals surface area (Å²) in [6.45, 7) is 1.44. The predicted molar refractivity (Wildman–Crippen MR) is 38.4 cm³/mol. The second-order valence-corrected chi connectivity index (χ2v) is 2.59. The fraction of sp³-hybridized carbons (Fsp3) is 0.333. The zero-order valence-electron chi connectivity index (χ0n) is 6.01. The molecular formula is C6H10N4O. The van der Waals surface area contributed by atoms with Gasteiger partial charge in [-0.05, 0) is 6.08 Å². The number of hydroxylamine groups is 2. The summed E-state index contributed by atoms with van der Waals surface area (Å²) in [6, 6.07) is 0. The molecule has 0 aromatic rings. The molecule has 11 heavy (non-hydrogen) atoms. The van der Waals surface area contributed by atoms with Crippen molar-refractivity contribution in [2.45, 2.75) is 0 Å². The van der Waals surface area contributed by atoms with E-state index in [4.69, 9.17) is 5.84 Å². The lowest BCUT2D eigenvalue weighted by molar-refractivity contribution is -0.0364. The van der Waals surface area contributed by atoms with Crippen LogP contribution in [0.5, 0.6) is 0 Å². The highest BCUT2D eigenvalue weighted by molar-refractivity contribution is 5.11. The van der Waals surface area contributed by atoms with Gasteiger partial charge in [0.1, 0.15) is 6.67 Å². The standard InChI is InChI=1S/C6H10N4O/c7-9-4-6-8(5-9)2-1-3-10(6)11/h1,3-4,11H,2,5,7H2. The highest BCUT2D eigenvalue weighted by Crippen LogP contribution is 2.19. The lowest BCUT2D eigenvalue weighted by Crippen LogP contribution is -2.35. The number of nitrogens with zero attached hydrogens (tertiary/aromatic N) is 3. The summed E-state index contributed by atoms with van der Waals surface area (Å²) in [6.07, 6.45) is 5.18. The van der Waals surface area contributed by atoms with E-state index in [2.05, 4.69) is 0 Å². The van der Waals surface area contributed by atoms with Gasteiger partial charge in [-0.15, -0.1) is 0 Å². The average molecular weight is 154 g/mol. The predicted octanol–water partition coefficient (Wildman–Crippen LogP) is -0.547. The Labute approximate surface area is 64.5 Å². The van der Waals surface area contributed by atoms with Crippen LogP contribution < -0.4 is 5.84 Å². The number of hydrogen-bond donors (Lipinski definition) is 2. The molecule has 0 unspecified atom stereocenters. The molecule has 0 aromatic heterocycles. The Morgan fingerprint density at radius 3 is 3.09 bits per heavy atom. The van der Waals surface area contributed by atoms with E-state index in [0.29, 0.717) is 6.67 Å². The van der Waals surface area contributed by atoms with Crippen LogP contribution in [0.25, 0.3) is 0 Å². The van der Waals surface area contributed by atoms with Crippen LogP contribution in [0.3, 0.4) is 0 Å². The third kappa shape index (κ3) is 0.941. The molecular weight excluding hydrogens is 144 g/mol. The third-order valence-corrected chi connectivity index (χ3v) is 1.75. The van der Waals surface area contributed by atoms with Gasteiger partial charge in [0.25, 0.3) is 0 Å². The van der Waals surface area contributed by atoms with Gasteiger partial charge in [0.2, 0.25) is 0 Å². The van der Waals surface area contributed by atoms with E-state index in [-0.39, 0.29) is 0 Å². The van der Waals surface area contributed by atoms with Crippen LogP contribution in [-0.2, 0) is 0 Å². The molecule has 0 aliphatic carbocycles. The Morgan fingerprint density at radius 2 is 2.36 bits per heavy atom. The highest BCUT2D eigenvalue weighted by atomic mass is 16.5. The summed E-state index contributed by atoms with van der Waals surface area (Å²) < 4.78 is 0. The van der Waals surface area contributed by atoms with Crippen LogP contribution in [0, 0.1) is 0 Å². The van der Waals surface area contributed by atoms with Crippen molar-refractivity contribution in [3.8, 4) is 0 Å². The average Bonchev–Trinajstić information content (AvgIpc) is 2.31. The summed E-state index contributed by atoms with van der Waals surface area (Å²) in [5, 5.41) is 11.9. The Balaban J connectivity index is 2.24. The van der Waals surface area contributed by atoms with Crippen LogP contribution in [-0.4, -0.2) is 33.4 Å². The quantitative estimate of drug-likeness (QED) is 0.459. The lowest BCUT2D eigenvalue weighted by Gasteiger charge is -2.27. The minimum atomic E-state index is 0.636. The fourth-order valence-electron chi connectivity index (χ4n) is 1.25. The Kier molecular flexibility index (Phi) is 1.27. The Morgan fingerprint density at radius 1 is 1.55 bits per heavy atom. The van der Waals surface area contributed by atoms with Crippen molar-refractivity contribution in [3.05, 3.63) is 24.3 Å². The van der Waals surface area contributed by atoms with Crippen LogP contribution in [0.1, 0.15) is 0 Å². The minimum Gasteiger partial charge on any atom is -0.332 e. The molecule has 2 heterocycles. The van der Waals surface area contributed by atoms with Crippen LogP contribution in [0.2, 0.25) is 0 Å². The summed E-state index contributed by atoms with van der Waals surface area (Å²) in [4.78, 5) is 1.96. The fourth-order valence-corrected chi connectivity index (χ4v) is 1.25. The first-order chi connectivity index (χ1) is 5.27. The van der Waals surface area contributed by atoms with Gasteiger partial charge in [-0.1, -0.05) is 0 Å². The summed E-state index contributed by atoms with van der Waals surface area (Å²) >= 11 is 0. The smallest absolute Gasteiger partial charge is 0.153 e. The second-order valence-electron chi connectivity index (χ2n) is 2.59. The van der Waals surface area contributed by atoms with Gasteiger partial charge in [-0.25, -0.2) is 10.9 Å². The molecule has 2 rings (SSSR count). The van der Waals surface area contributed by atoms with E-state index in [1.165, 1.54) is 5.01 Å². The third-order valence-electron chi connectivity index (χ3n) is 1.75. The van der Waals surface area contributed by atoms with Gasteiger partial charge >= 0.3 is 0 Å². The monoisotopic (exact) mass is 154 g/mol. The molecule has 0 atom stereocenters. The summed E-state index contributed by atoms with van der Waals surface area (Å²) in [7, 11) is 0. The first-order valence-electron chi connectivity index (χ1n) is 3.40. The second kappa shape index (κ2) is 2.14. The van der Waals surface area contributed by atoms with Crippen molar-refractivity contribution < 1.29 is 5.21 Å². The molecule has 60 valence electrons. The summed E-state index contributed by atoms with van der Waals surface area (Å²) in [5.74, 6) is 6.24. The molecule has 5 heteroatoms. The maximum atomic E-state index is 9.25. The number of fused-ring (bicyclic) bond motifs is 1. The van der Waals surface area contributed by atoms with Gasteiger partial charge < -0.3 is 4.90 Å². The molecule has 3 N–H and O–H groups in total. The normalized spacial score (nSPS) is 22.4. The largest absolute Gasteiger partial charge is 0.332 e. The minimum absolute atomic E-state index is 0.636. The molecule has 0 radical (unpaired) electrons. The highest BCUT2D eigenvalue weighted by Gasteiger charge is 2.23. The molecule has 0 bridgehead atoms. The van der Waals surface area contributed by atoms with Gasteiger partial charge in [-0.2, -0.15) is 0 Å². The molecule has 5 nitrogen and oxygen atoms in total. The van der Waals surface area contributed by atoms with Crippen LogP contribution in [0.15, 0.2) is 24.3 Å². The van der Waals surface area contributed by atoms with Crippen molar-refractivity contribution in [2.24, 2.45) is 5.84 Å². The van der Waals surface area contributed by atoms with Gasteiger partial charge in [-0.3, -0.25) is 10.2 Å². The van der Waals surface area contributed by atoms with E-state index < -0.39 is 0 Å². The van der Waals surface area contributed by atoms with Gasteiger partial charge in [0.05, 0.1) is 6.20 Å². The number of hydrazine groups is 1. The molecule has 0 saturated carbocycles. The van der Waals surface area contributed by atoms with E-state index in [1.807, 2.05) is 11.0 Å². The maximum absolute atomic E-state index is 9.25. The van der Waals surface area contributed by atoms with Crippen molar-refractivity contribution in [1.82, 2.24) is 15.0 Å². The molecule has 0 spiro atoms. The first-order valence-corrected chi connectivity index (χ1v) is 3.40. The van der Waals surface area contributed by atoms with E-state index >= 15 is 0 Å². The van der Waals surface area contributed by atoms with Crippen molar-refractivity contribution >= 4 is 0 Å². The van der Waals surface area contributed by atoms with E-state index in [0.717, 1.165) is 17.4 Å². The lowest BCUT2D eigenvalue weighted by atomic mass is 10.4. The van der Waals surface area contributed by atoms with E-state index in [1.54, 1.807) is 12.4 Å².